The predicted molar refractivity (Wildman–Crippen MR) is 128 cm³/mol. The molecule has 0 spiro atoms. The molecular weight excluding hydrogens is 440 g/mol. The fourth-order valence-corrected chi connectivity index (χ4v) is 5.16. The maximum absolute atomic E-state index is 13.1. The molecular formula is C25H34N2O5S. The molecule has 2 aliphatic rings. The molecule has 0 aliphatic carbocycles. The average Bonchev–Trinajstić information content (AvgIpc) is 3.30. The molecule has 3 unspecified atom stereocenters. The first-order chi connectivity index (χ1) is 16.1. The number of aliphatic hydroxyl groups is 1. The van der Waals surface area contributed by atoms with Crippen molar-refractivity contribution in [2.75, 3.05) is 25.5 Å². The minimum absolute atomic E-state index is 0.0470. The number of benzene rings is 1. The molecule has 3 rings (SSSR count). The molecule has 0 aromatic heterocycles. The third kappa shape index (κ3) is 8.19. The van der Waals surface area contributed by atoms with Gasteiger partial charge in [0.2, 0.25) is 11.8 Å². The predicted octanol–water partition coefficient (Wildman–Crippen LogP) is 2.68. The van der Waals surface area contributed by atoms with Crippen LogP contribution in [0.5, 0.6) is 0 Å². The summed E-state index contributed by atoms with van der Waals surface area (Å²) >= 11 is 1.67. The molecule has 33 heavy (non-hydrogen) atoms. The van der Waals surface area contributed by atoms with Gasteiger partial charge in [0.15, 0.2) is 0 Å². The van der Waals surface area contributed by atoms with Gasteiger partial charge in [-0.3, -0.25) is 14.4 Å². The molecule has 0 bridgehead atoms. The number of amides is 2. The number of likely N-dealkylation sites (tertiary alicyclic amines) is 1. The average molecular weight is 475 g/mol. The van der Waals surface area contributed by atoms with Gasteiger partial charge < -0.3 is 20.1 Å². The highest BCUT2D eigenvalue weighted by Gasteiger charge is 2.31. The number of esters is 1. The van der Waals surface area contributed by atoms with E-state index in [2.05, 4.69) is 17.4 Å². The van der Waals surface area contributed by atoms with Crippen molar-refractivity contribution in [1.82, 2.24) is 10.2 Å². The molecule has 8 heteroatoms. The van der Waals surface area contributed by atoms with Gasteiger partial charge in [-0.05, 0) is 31.2 Å². The van der Waals surface area contributed by atoms with Gasteiger partial charge in [0.1, 0.15) is 6.61 Å². The molecule has 1 aromatic rings. The summed E-state index contributed by atoms with van der Waals surface area (Å²) in [5, 5.41) is 12.6. The van der Waals surface area contributed by atoms with Crippen LogP contribution in [0.1, 0.15) is 44.1 Å². The summed E-state index contributed by atoms with van der Waals surface area (Å²) in [6.07, 6.45) is 6.80. The van der Waals surface area contributed by atoms with Gasteiger partial charge in [0.25, 0.3) is 0 Å². The highest BCUT2D eigenvalue weighted by atomic mass is 32.2. The largest absolute Gasteiger partial charge is 0.463 e. The third-order valence-corrected chi connectivity index (χ3v) is 7.20. The van der Waals surface area contributed by atoms with Crippen LogP contribution in [0.3, 0.4) is 0 Å². The van der Waals surface area contributed by atoms with E-state index in [1.165, 1.54) is 5.56 Å². The van der Waals surface area contributed by atoms with Crippen molar-refractivity contribution in [2.45, 2.75) is 56.4 Å². The second kappa shape index (κ2) is 13.4. The number of cyclic esters (lactones) is 1. The quantitative estimate of drug-likeness (QED) is 0.466. The summed E-state index contributed by atoms with van der Waals surface area (Å²) in [6.45, 7) is 0.701. The Hall–Kier alpha value is -2.32. The molecule has 7 nitrogen and oxygen atoms in total. The van der Waals surface area contributed by atoms with Crippen LogP contribution in [0.15, 0.2) is 42.5 Å². The molecule has 0 radical (unpaired) electrons. The number of rotatable bonds is 7. The lowest BCUT2D eigenvalue weighted by Crippen LogP contribution is -2.45. The number of hydrogen-bond donors (Lipinski definition) is 2. The number of thioether (sulfide) groups is 1. The molecule has 2 heterocycles. The molecule has 1 saturated heterocycles. The van der Waals surface area contributed by atoms with Crippen molar-refractivity contribution in [3.8, 4) is 0 Å². The fourth-order valence-electron chi connectivity index (χ4n) is 4.15. The van der Waals surface area contributed by atoms with Crippen LogP contribution in [0.25, 0.3) is 0 Å². The summed E-state index contributed by atoms with van der Waals surface area (Å²) in [6, 6.07) is 9.59. The lowest BCUT2D eigenvalue weighted by Gasteiger charge is -2.26. The number of carbonyl (C=O) groups is 3. The Morgan fingerprint density at radius 1 is 1.21 bits per heavy atom. The van der Waals surface area contributed by atoms with Gasteiger partial charge >= 0.3 is 5.97 Å². The zero-order valence-electron chi connectivity index (χ0n) is 19.0. The van der Waals surface area contributed by atoms with Gasteiger partial charge in [-0.15, -0.1) is 0 Å². The molecule has 1 fully saturated rings. The van der Waals surface area contributed by atoms with Gasteiger partial charge in [-0.1, -0.05) is 42.5 Å². The van der Waals surface area contributed by atoms with Crippen LogP contribution < -0.4 is 5.32 Å². The number of hydrogen-bond acceptors (Lipinski definition) is 6. The molecule has 180 valence electrons. The van der Waals surface area contributed by atoms with Crippen LogP contribution >= 0.6 is 11.8 Å². The highest BCUT2D eigenvalue weighted by Crippen LogP contribution is 2.22. The zero-order valence-corrected chi connectivity index (χ0v) is 19.8. The Balaban J connectivity index is 1.63. The number of allylic oxidation sites excluding steroid dienone is 2. The first kappa shape index (κ1) is 25.3. The Morgan fingerprint density at radius 3 is 2.82 bits per heavy atom. The monoisotopic (exact) mass is 474 g/mol. The van der Waals surface area contributed by atoms with E-state index in [0.29, 0.717) is 31.6 Å². The first-order valence-electron chi connectivity index (χ1n) is 11.7. The maximum atomic E-state index is 13.1. The van der Waals surface area contributed by atoms with Crippen LogP contribution in [-0.4, -0.2) is 65.4 Å². The maximum Gasteiger partial charge on any atom is 0.306 e. The number of nitrogens with one attached hydrogen (secondary N) is 1. The van der Waals surface area contributed by atoms with Crippen molar-refractivity contribution >= 4 is 29.5 Å². The normalized spacial score (nSPS) is 24.5. The number of ether oxygens (including phenoxy) is 1. The van der Waals surface area contributed by atoms with E-state index >= 15 is 0 Å². The van der Waals surface area contributed by atoms with E-state index in [-0.39, 0.29) is 49.5 Å². The lowest BCUT2D eigenvalue weighted by atomic mass is 9.98. The zero-order chi connectivity index (χ0) is 23.5. The van der Waals surface area contributed by atoms with Gasteiger partial charge in [0.05, 0.1) is 24.6 Å². The van der Waals surface area contributed by atoms with Crippen LogP contribution in [0.4, 0.5) is 0 Å². The van der Waals surface area contributed by atoms with Crippen molar-refractivity contribution in [1.29, 1.82) is 0 Å². The summed E-state index contributed by atoms with van der Waals surface area (Å²) in [5.41, 5.74) is 1.19. The first-order valence-corrected chi connectivity index (χ1v) is 12.8. The summed E-state index contributed by atoms with van der Waals surface area (Å²) in [4.78, 5) is 39.7. The summed E-state index contributed by atoms with van der Waals surface area (Å²) < 4.78 is 5.40. The molecule has 2 N–H and O–H groups in total. The Bertz CT molecular complexity index is 816. The topological polar surface area (TPSA) is 95.9 Å². The number of carbonyl (C=O) groups excluding carboxylic acids is 3. The van der Waals surface area contributed by atoms with Gasteiger partial charge in [-0.2, -0.15) is 11.8 Å². The van der Waals surface area contributed by atoms with Gasteiger partial charge in [0, 0.05) is 30.9 Å². The van der Waals surface area contributed by atoms with Crippen LogP contribution in [0, 0.1) is 5.92 Å². The Morgan fingerprint density at radius 2 is 2.03 bits per heavy atom. The third-order valence-electron chi connectivity index (χ3n) is 6.02. The molecule has 1 aromatic carbocycles. The fraction of sp³-hybridized carbons (Fsp3) is 0.560. The van der Waals surface area contributed by atoms with Crippen LogP contribution in [0.2, 0.25) is 0 Å². The van der Waals surface area contributed by atoms with E-state index in [0.717, 1.165) is 18.6 Å². The highest BCUT2D eigenvalue weighted by molar-refractivity contribution is 7.98. The van der Waals surface area contributed by atoms with Crippen molar-refractivity contribution in [3.05, 3.63) is 48.0 Å². The molecule has 2 amide bonds. The van der Waals surface area contributed by atoms with Gasteiger partial charge in [-0.25, -0.2) is 0 Å². The summed E-state index contributed by atoms with van der Waals surface area (Å²) in [5.74, 6) is 0.337. The van der Waals surface area contributed by atoms with Crippen molar-refractivity contribution in [2.24, 2.45) is 5.92 Å². The Kier molecular flexibility index (Phi) is 10.3. The Labute approximate surface area is 199 Å². The van der Waals surface area contributed by atoms with Crippen molar-refractivity contribution < 1.29 is 24.2 Å². The molecule has 0 saturated carbocycles. The SMILES string of the molecule is O=C1CCC=CCC(CC(=O)N2CCCC2CO)C(=O)NC(CSCc2ccccc2)CO1. The van der Waals surface area contributed by atoms with E-state index in [4.69, 9.17) is 4.74 Å². The standard InChI is InChI=1S/C25H34N2O5S/c28-15-22-11-7-13-27(22)23(29)14-20-10-5-2-6-12-24(30)32-16-21(26-25(20)31)18-33-17-19-8-3-1-4-9-19/h1-5,8-9,20-22,28H,6-7,10-18H2,(H,26,31). The van der Waals surface area contributed by atoms with Crippen LogP contribution in [-0.2, 0) is 24.9 Å². The minimum Gasteiger partial charge on any atom is -0.463 e. The number of nitrogens with zero attached hydrogens (tertiary/aromatic N) is 1. The van der Waals surface area contributed by atoms with E-state index in [9.17, 15) is 19.5 Å². The lowest BCUT2D eigenvalue weighted by molar-refractivity contribution is -0.145. The molecule has 2 aliphatic heterocycles. The van der Waals surface area contributed by atoms with E-state index < -0.39 is 5.92 Å². The summed E-state index contributed by atoms with van der Waals surface area (Å²) in [7, 11) is 0. The smallest absolute Gasteiger partial charge is 0.306 e. The minimum atomic E-state index is -0.495. The van der Waals surface area contributed by atoms with Crippen molar-refractivity contribution in [3.63, 3.8) is 0 Å². The van der Waals surface area contributed by atoms with E-state index in [1.54, 1.807) is 16.7 Å². The second-order valence-corrected chi connectivity index (χ2v) is 9.63. The second-order valence-electron chi connectivity index (χ2n) is 8.60. The van der Waals surface area contributed by atoms with E-state index in [1.807, 2.05) is 30.4 Å². The number of aliphatic hydroxyl groups excluding tert-OH is 1. The molecule has 3 atom stereocenters.